The quantitative estimate of drug-likeness (QED) is 0.353. The van der Waals surface area contributed by atoms with Gasteiger partial charge in [0.05, 0.1) is 24.4 Å². The number of esters is 3. The Morgan fingerprint density at radius 3 is 1.82 bits per heavy atom. The molecule has 1 heterocycles. The van der Waals surface area contributed by atoms with Crippen LogP contribution in [0, 0.1) is 5.92 Å². The van der Waals surface area contributed by atoms with Crippen LogP contribution in [0.1, 0.15) is 38.1 Å². The van der Waals surface area contributed by atoms with Crippen LogP contribution in [0.5, 0.6) is 0 Å². The summed E-state index contributed by atoms with van der Waals surface area (Å²) in [5.41, 5.74) is 6.19. The van der Waals surface area contributed by atoms with E-state index < -0.39 is 42.2 Å². The van der Waals surface area contributed by atoms with Crippen molar-refractivity contribution < 1.29 is 38.2 Å². The number of carbonyl (C=O) groups is 5. The topological polar surface area (TPSA) is 163 Å². The highest BCUT2D eigenvalue weighted by Gasteiger charge is 2.42. The second-order valence-corrected chi connectivity index (χ2v) is 7.17. The fourth-order valence-corrected chi connectivity index (χ4v) is 3.32. The molecule has 34 heavy (non-hydrogen) atoms. The van der Waals surface area contributed by atoms with E-state index in [0.29, 0.717) is 17.1 Å². The second kappa shape index (κ2) is 11.6. The molecule has 0 aliphatic carbocycles. The van der Waals surface area contributed by atoms with Crippen molar-refractivity contribution in [2.45, 2.75) is 27.7 Å². The Morgan fingerprint density at radius 2 is 1.38 bits per heavy atom. The molecule has 182 valence electrons. The number of nitrogens with one attached hydrogen (secondary N) is 2. The van der Waals surface area contributed by atoms with Crippen LogP contribution >= 0.6 is 0 Å². The van der Waals surface area contributed by atoms with E-state index in [-0.39, 0.29) is 29.9 Å². The monoisotopic (exact) mass is 473 g/mol. The SMILES string of the molecule is CCOC(=O)C1=C(C)NC(C)=C(C(=O)OCC)C1C(=O)OCC(=O)Nc1ccc(C(N)=O)cc1. The predicted octanol–water partition coefficient (Wildman–Crippen LogP) is 1.16. The molecule has 1 aromatic rings. The number of anilines is 1. The first-order chi connectivity index (χ1) is 16.1. The maximum Gasteiger partial charge on any atom is 0.337 e. The van der Waals surface area contributed by atoms with E-state index in [4.69, 9.17) is 19.9 Å². The molecule has 0 aromatic heterocycles. The van der Waals surface area contributed by atoms with Gasteiger partial charge in [0.15, 0.2) is 6.61 Å². The summed E-state index contributed by atoms with van der Waals surface area (Å²) in [7, 11) is 0. The number of dihydropyridines is 1. The number of rotatable bonds is 9. The molecular formula is C23H27N3O8. The molecule has 0 saturated heterocycles. The van der Waals surface area contributed by atoms with Crippen LogP contribution in [0.2, 0.25) is 0 Å². The van der Waals surface area contributed by atoms with Crippen molar-refractivity contribution in [1.29, 1.82) is 0 Å². The van der Waals surface area contributed by atoms with Gasteiger partial charge in [-0.2, -0.15) is 0 Å². The van der Waals surface area contributed by atoms with Gasteiger partial charge in [0.2, 0.25) is 5.91 Å². The normalized spacial score (nSPS) is 13.6. The number of hydrogen-bond donors (Lipinski definition) is 3. The predicted molar refractivity (Wildman–Crippen MR) is 120 cm³/mol. The van der Waals surface area contributed by atoms with E-state index in [1.807, 2.05) is 0 Å². The zero-order valence-corrected chi connectivity index (χ0v) is 19.4. The van der Waals surface area contributed by atoms with Gasteiger partial charge in [-0.15, -0.1) is 0 Å². The highest BCUT2D eigenvalue weighted by Crippen LogP contribution is 2.32. The lowest BCUT2D eigenvalue weighted by Gasteiger charge is -2.28. The van der Waals surface area contributed by atoms with Crippen LogP contribution in [-0.2, 0) is 33.4 Å². The fraction of sp³-hybridized carbons (Fsp3) is 0.348. The molecule has 0 saturated carbocycles. The number of ether oxygens (including phenoxy) is 3. The van der Waals surface area contributed by atoms with Gasteiger partial charge in [-0.05, 0) is 52.0 Å². The van der Waals surface area contributed by atoms with Crippen molar-refractivity contribution in [3.05, 3.63) is 52.4 Å². The second-order valence-electron chi connectivity index (χ2n) is 7.17. The van der Waals surface area contributed by atoms with Gasteiger partial charge >= 0.3 is 17.9 Å². The van der Waals surface area contributed by atoms with Crippen molar-refractivity contribution in [2.24, 2.45) is 11.7 Å². The summed E-state index contributed by atoms with van der Waals surface area (Å²) in [6, 6.07) is 5.78. The Morgan fingerprint density at radius 1 is 0.882 bits per heavy atom. The molecule has 2 amide bonds. The summed E-state index contributed by atoms with van der Waals surface area (Å²) in [6.45, 7) is 5.72. The first-order valence-electron chi connectivity index (χ1n) is 10.5. The molecule has 0 radical (unpaired) electrons. The highest BCUT2D eigenvalue weighted by molar-refractivity contribution is 6.06. The Bertz CT molecular complexity index is 1020. The van der Waals surface area contributed by atoms with Crippen LogP contribution in [0.4, 0.5) is 5.69 Å². The number of carbonyl (C=O) groups excluding carboxylic acids is 5. The van der Waals surface area contributed by atoms with Crippen LogP contribution in [0.3, 0.4) is 0 Å². The third-order valence-corrected chi connectivity index (χ3v) is 4.79. The Hall–Kier alpha value is -4.15. The maximum atomic E-state index is 13.0. The largest absolute Gasteiger partial charge is 0.463 e. The number of amides is 2. The van der Waals surface area contributed by atoms with Crippen LogP contribution < -0.4 is 16.4 Å². The molecule has 0 atom stereocenters. The Labute approximate surface area is 196 Å². The zero-order valence-electron chi connectivity index (χ0n) is 19.4. The van der Waals surface area contributed by atoms with Crippen molar-refractivity contribution in [2.75, 3.05) is 25.1 Å². The van der Waals surface area contributed by atoms with Crippen molar-refractivity contribution in [3.8, 4) is 0 Å². The van der Waals surface area contributed by atoms with Crippen molar-refractivity contribution in [1.82, 2.24) is 5.32 Å². The minimum absolute atomic E-state index is 0.0474. The average Bonchev–Trinajstić information content (AvgIpc) is 2.77. The molecule has 0 bridgehead atoms. The molecule has 11 heteroatoms. The highest BCUT2D eigenvalue weighted by atomic mass is 16.5. The third-order valence-electron chi connectivity index (χ3n) is 4.79. The van der Waals surface area contributed by atoms with Gasteiger partial charge in [-0.25, -0.2) is 9.59 Å². The van der Waals surface area contributed by atoms with E-state index in [2.05, 4.69) is 10.6 Å². The van der Waals surface area contributed by atoms with Crippen molar-refractivity contribution in [3.63, 3.8) is 0 Å². The molecule has 0 fully saturated rings. The molecule has 1 aliphatic rings. The summed E-state index contributed by atoms with van der Waals surface area (Å²) in [4.78, 5) is 61.7. The molecule has 11 nitrogen and oxygen atoms in total. The van der Waals surface area contributed by atoms with Crippen molar-refractivity contribution >= 4 is 35.4 Å². The van der Waals surface area contributed by atoms with Crippen LogP contribution in [0.25, 0.3) is 0 Å². The first-order valence-corrected chi connectivity index (χ1v) is 10.5. The fourth-order valence-electron chi connectivity index (χ4n) is 3.32. The standard InChI is InChI=1S/C23H27N3O8/c1-5-32-21(29)17-12(3)25-13(4)18(22(30)33-6-2)19(17)23(31)34-11-16(27)26-15-9-7-14(8-10-15)20(24)28/h7-10,19,25H,5-6,11H2,1-4H3,(H2,24,28)(H,26,27). The number of hydrogen-bond acceptors (Lipinski definition) is 9. The lowest BCUT2D eigenvalue weighted by molar-refractivity contribution is -0.153. The number of allylic oxidation sites excluding steroid dienone is 2. The van der Waals surface area contributed by atoms with Gasteiger partial charge < -0.3 is 30.6 Å². The van der Waals surface area contributed by atoms with Gasteiger partial charge in [0.25, 0.3) is 5.91 Å². The minimum Gasteiger partial charge on any atom is -0.463 e. The Balaban J connectivity index is 2.22. The summed E-state index contributed by atoms with van der Waals surface area (Å²) in [5.74, 6) is -5.33. The molecule has 1 aliphatic heterocycles. The van der Waals surface area contributed by atoms with Crippen LogP contribution in [-0.4, -0.2) is 49.5 Å². The number of benzene rings is 1. The molecule has 4 N–H and O–H groups in total. The molecular weight excluding hydrogens is 446 g/mol. The molecule has 0 spiro atoms. The number of nitrogens with two attached hydrogens (primary N) is 1. The smallest absolute Gasteiger partial charge is 0.337 e. The van der Waals surface area contributed by atoms with Gasteiger partial charge in [-0.3, -0.25) is 14.4 Å². The van der Waals surface area contributed by atoms with E-state index in [9.17, 15) is 24.0 Å². The van der Waals surface area contributed by atoms with Gasteiger partial charge in [-0.1, -0.05) is 0 Å². The summed E-state index contributed by atoms with van der Waals surface area (Å²) in [5, 5.41) is 5.40. The first kappa shape index (κ1) is 26.1. The van der Waals surface area contributed by atoms with E-state index in [1.165, 1.54) is 24.3 Å². The average molecular weight is 473 g/mol. The van der Waals surface area contributed by atoms with E-state index >= 15 is 0 Å². The summed E-state index contributed by atoms with van der Waals surface area (Å²) >= 11 is 0. The number of primary amides is 1. The minimum atomic E-state index is -1.44. The van der Waals surface area contributed by atoms with E-state index in [1.54, 1.807) is 27.7 Å². The zero-order chi connectivity index (χ0) is 25.4. The maximum absolute atomic E-state index is 13.0. The van der Waals surface area contributed by atoms with Gasteiger partial charge in [0, 0.05) is 22.6 Å². The Kier molecular flexibility index (Phi) is 8.94. The molecule has 2 rings (SSSR count). The summed E-state index contributed by atoms with van der Waals surface area (Å²) < 4.78 is 15.3. The lowest BCUT2D eigenvalue weighted by Crippen LogP contribution is -2.39. The summed E-state index contributed by atoms with van der Waals surface area (Å²) in [6.07, 6.45) is 0. The van der Waals surface area contributed by atoms with Crippen LogP contribution in [0.15, 0.2) is 46.8 Å². The molecule has 0 unspecified atom stereocenters. The third kappa shape index (κ3) is 6.21. The molecule has 1 aromatic carbocycles. The van der Waals surface area contributed by atoms with E-state index in [0.717, 1.165) is 0 Å². The lowest BCUT2D eigenvalue weighted by atomic mass is 9.85. The van der Waals surface area contributed by atoms with Gasteiger partial charge in [0.1, 0.15) is 5.92 Å².